The highest BCUT2D eigenvalue weighted by atomic mass is 32.2. The maximum Gasteiger partial charge on any atom is 0.0265 e. The van der Waals surface area contributed by atoms with Gasteiger partial charge in [-0.3, -0.25) is 0 Å². The van der Waals surface area contributed by atoms with Crippen LogP contribution in [0.25, 0.3) is 0 Å². The molecule has 0 aromatic heterocycles. The summed E-state index contributed by atoms with van der Waals surface area (Å²) in [5.74, 6) is 19.5. The molecule has 6 unspecified atom stereocenters. The SMILES string of the molecule is C(CSC(CSCC1CS1)C(CSCC1CS1)SCCSCC1CS1)SCC1CS1. The van der Waals surface area contributed by atoms with Crippen LogP contribution in [0.1, 0.15) is 0 Å². The van der Waals surface area contributed by atoms with Crippen molar-refractivity contribution in [3.8, 4) is 0 Å². The van der Waals surface area contributed by atoms with Crippen LogP contribution in [0.5, 0.6) is 0 Å². The van der Waals surface area contributed by atoms with Gasteiger partial charge in [0, 0.05) is 112 Å². The summed E-state index contributed by atoms with van der Waals surface area (Å²) >= 11 is 22.2. The van der Waals surface area contributed by atoms with Crippen molar-refractivity contribution in [3.05, 3.63) is 0 Å². The van der Waals surface area contributed by atoms with Gasteiger partial charge in [0.2, 0.25) is 0 Å². The normalized spacial score (nSPS) is 30.8. The van der Waals surface area contributed by atoms with Crippen molar-refractivity contribution in [1.29, 1.82) is 0 Å². The molecule has 0 nitrogen and oxygen atoms in total. The molecule has 10 heteroatoms. The van der Waals surface area contributed by atoms with Gasteiger partial charge in [-0.15, -0.1) is 0 Å². The van der Waals surface area contributed by atoms with E-state index in [-0.39, 0.29) is 0 Å². The van der Waals surface area contributed by atoms with E-state index in [2.05, 4.69) is 118 Å². The standard InChI is InChI=1S/C20H34S10/c1(21-5-15-9-27-15)3-25-19(13-23-7-17-11-29-17)20(14-24-8-18-12-30-18)26-4-2-22-6-16-10-28-16/h15-20H,1-14H2. The fourth-order valence-corrected chi connectivity index (χ4v) is 15.1. The van der Waals surface area contributed by atoms with Crippen LogP contribution in [0.3, 0.4) is 0 Å². The number of thioether (sulfide) groups is 10. The fraction of sp³-hybridized carbons (Fsp3) is 1.00. The van der Waals surface area contributed by atoms with E-state index in [1.54, 1.807) is 0 Å². The lowest BCUT2D eigenvalue weighted by Crippen LogP contribution is -2.27. The van der Waals surface area contributed by atoms with Crippen LogP contribution >= 0.6 is 118 Å². The van der Waals surface area contributed by atoms with Crippen molar-refractivity contribution in [2.24, 2.45) is 0 Å². The van der Waals surface area contributed by atoms with E-state index in [4.69, 9.17) is 0 Å². The van der Waals surface area contributed by atoms with Crippen molar-refractivity contribution in [1.82, 2.24) is 0 Å². The summed E-state index contributed by atoms with van der Waals surface area (Å²) in [6.45, 7) is 0. The smallest absolute Gasteiger partial charge is 0.0265 e. The lowest BCUT2D eigenvalue weighted by Gasteiger charge is -2.26. The zero-order valence-corrected chi connectivity index (χ0v) is 25.6. The van der Waals surface area contributed by atoms with Crippen molar-refractivity contribution < 1.29 is 0 Å². The molecule has 174 valence electrons. The highest BCUT2D eigenvalue weighted by Crippen LogP contribution is 2.39. The van der Waals surface area contributed by atoms with Gasteiger partial charge in [-0.05, 0) is 0 Å². The Morgan fingerprint density at radius 3 is 1.17 bits per heavy atom. The summed E-state index contributed by atoms with van der Waals surface area (Å²) in [5, 5.41) is 5.65. The third-order valence-corrected chi connectivity index (χ3v) is 18.2. The largest absolute Gasteiger partial charge is 0.160 e. The molecule has 4 saturated heterocycles. The molecule has 4 fully saturated rings. The Morgan fingerprint density at radius 1 is 0.500 bits per heavy atom. The van der Waals surface area contributed by atoms with Crippen LogP contribution in [-0.2, 0) is 0 Å². The monoisotopic (exact) mass is 594 g/mol. The molecule has 0 aliphatic carbocycles. The van der Waals surface area contributed by atoms with Crippen molar-refractivity contribution in [3.63, 3.8) is 0 Å². The highest BCUT2D eigenvalue weighted by Gasteiger charge is 2.28. The lowest BCUT2D eigenvalue weighted by atomic mass is 10.3. The van der Waals surface area contributed by atoms with Gasteiger partial charge in [-0.1, -0.05) is 0 Å². The van der Waals surface area contributed by atoms with E-state index >= 15 is 0 Å². The molecule has 4 rings (SSSR count). The molecule has 6 atom stereocenters. The molecule has 4 aliphatic rings. The fourth-order valence-electron chi connectivity index (χ4n) is 2.76. The maximum absolute atomic E-state index is 2.32. The Hall–Kier alpha value is 3.50. The van der Waals surface area contributed by atoms with Crippen LogP contribution in [0.15, 0.2) is 0 Å². The van der Waals surface area contributed by atoms with Crippen LogP contribution < -0.4 is 0 Å². The van der Waals surface area contributed by atoms with Crippen molar-refractivity contribution in [2.75, 3.05) is 80.5 Å². The van der Waals surface area contributed by atoms with Crippen LogP contribution in [-0.4, -0.2) is 112 Å². The number of hydrogen-bond acceptors (Lipinski definition) is 10. The molecule has 0 aromatic rings. The van der Waals surface area contributed by atoms with E-state index in [9.17, 15) is 0 Å². The second-order valence-electron chi connectivity index (χ2n) is 7.86. The number of hydrogen-bond donors (Lipinski definition) is 0. The van der Waals surface area contributed by atoms with Gasteiger partial charge in [0.25, 0.3) is 0 Å². The number of rotatable bonds is 21. The van der Waals surface area contributed by atoms with E-state index < -0.39 is 0 Å². The molecular formula is C20H34S10. The summed E-state index contributed by atoms with van der Waals surface area (Å²) in [6.07, 6.45) is 0. The summed E-state index contributed by atoms with van der Waals surface area (Å²) in [7, 11) is 0. The molecule has 4 heterocycles. The van der Waals surface area contributed by atoms with Crippen LogP contribution in [0, 0.1) is 0 Å². The minimum absolute atomic E-state index is 0.850. The van der Waals surface area contributed by atoms with Gasteiger partial charge in [0.15, 0.2) is 0 Å². The third kappa shape index (κ3) is 13.0. The molecule has 30 heavy (non-hydrogen) atoms. The Kier molecular flexibility index (Phi) is 13.8. The maximum atomic E-state index is 2.32. The predicted molar refractivity (Wildman–Crippen MR) is 167 cm³/mol. The Bertz CT molecular complexity index is 423. The predicted octanol–water partition coefficient (Wildman–Crippen LogP) is 6.58. The second-order valence-corrected chi connectivity index (χ2v) is 20.3. The zero-order chi connectivity index (χ0) is 20.4. The summed E-state index contributed by atoms with van der Waals surface area (Å²) in [4.78, 5) is 0. The molecule has 0 spiro atoms. The van der Waals surface area contributed by atoms with Gasteiger partial charge >= 0.3 is 0 Å². The van der Waals surface area contributed by atoms with E-state index in [1.165, 1.54) is 80.5 Å². The first-order chi connectivity index (χ1) is 14.9. The molecule has 0 bridgehead atoms. The first-order valence-electron chi connectivity index (χ1n) is 10.9. The van der Waals surface area contributed by atoms with Gasteiger partial charge in [-0.2, -0.15) is 118 Å². The van der Waals surface area contributed by atoms with Crippen molar-refractivity contribution in [2.45, 2.75) is 31.5 Å². The van der Waals surface area contributed by atoms with E-state index in [0.717, 1.165) is 31.5 Å². The highest BCUT2D eigenvalue weighted by molar-refractivity contribution is 8.11. The average molecular weight is 595 g/mol. The molecule has 4 aliphatic heterocycles. The summed E-state index contributed by atoms with van der Waals surface area (Å²) < 4.78 is 0. The van der Waals surface area contributed by atoms with Gasteiger partial charge < -0.3 is 0 Å². The summed E-state index contributed by atoms with van der Waals surface area (Å²) in [6, 6.07) is 0. The quantitative estimate of drug-likeness (QED) is 0.105. The molecule has 0 aromatic carbocycles. The van der Waals surface area contributed by atoms with E-state index in [1.807, 2.05) is 0 Å². The minimum Gasteiger partial charge on any atom is -0.160 e. The Labute approximate surface area is 227 Å². The molecule has 0 radical (unpaired) electrons. The third-order valence-electron chi connectivity index (χ3n) is 4.92. The molecule has 0 amide bonds. The van der Waals surface area contributed by atoms with E-state index in [0.29, 0.717) is 0 Å². The first-order valence-corrected chi connectivity index (χ1v) is 21.8. The average Bonchev–Trinajstić information content (AvgIpc) is 3.55. The molecule has 0 saturated carbocycles. The van der Waals surface area contributed by atoms with Gasteiger partial charge in [0.05, 0.1) is 0 Å². The van der Waals surface area contributed by atoms with Crippen molar-refractivity contribution >= 4 is 118 Å². The lowest BCUT2D eigenvalue weighted by molar-refractivity contribution is 0.946. The topological polar surface area (TPSA) is 0 Å². The molecular weight excluding hydrogens is 561 g/mol. The molecule has 0 N–H and O–H groups in total. The van der Waals surface area contributed by atoms with Gasteiger partial charge in [-0.25, -0.2) is 0 Å². The van der Waals surface area contributed by atoms with Crippen LogP contribution in [0.4, 0.5) is 0 Å². The first kappa shape index (κ1) is 26.6. The van der Waals surface area contributed by atoms with Crippen LogP contribution in [0.2, 0.25) is 0 Å². The minimum atomic E-state index is 0.850. The van der Waals surface area contributed by atoms with Gasteiger partial charge in [0.1, 0.15) is 0 Å². The Morgan fingerprint density at radius 2 is 0.833 bits per heavy atom. The Balaban J connectivity index is 1.18. The second kappa shape index (κ2) is 15.6. The summed E-state index contributed by atoms with van der Waals surface area (Å²) in [5.41, 5.74) is 0. The zero-order valence-electron chi connectivity index (χ0n) is 17.4.